The predicted octanol–water partition coefficient (Wildman–Crippen LogP) is 5.25. The number of fused-ring (bicyclic) bond motifs is 3. The van der Waals surface area contributed by atoms with Crippen LogP contribution < -0.4 is 4.90 Å². The Labute approximate surface area is 143 Å². The second-order valence-corrected chi connectivity index (χ2v) is 7.11. The molecule has 0 unspecified atom stereocenters. The molecule has 124 valence electrons. The van der Waals surface area contributed by atoms with E-state index in [4.69, 9.17) is 0 Å². The molecule has 4 rings (SSSR count). The molecule has 0 spiro atoms. The summed E-state index contributed by atoms with van der Waals surface area (Å²) in [6, 6.07) is 13.7. The van der Waals surface area contributed by atoms with Gasteiger partial charge in [-0.05, 0) is 45.4 Å². The maximum absolute atomic E-state index is 2.46. The van der Waals surface area contributed by atoms with E-state index in [9.17, 15) is 0 Å². The van der Waals surface area contributed by atoms with E-state index in [1.54, 1.807) is 0 Å². The van der Waals surface area contributed by atoms with Crippen LogP contribution in [0.1, 0.15) is 32.4 Å². The van der Waals surface area contributed by atoms with Gasteiger partial charge in [0, 0.05) is 41.8 Å². The molecule has 1 aromatic heterocycles. The highest BCUT2D eigenvalue weighted by Gasteiger charge is 2.25. The van der Waals surface area contributed by atoms with Gasteiger partial charge in [-0.2, -0.15) is 0 Å². The van der Waals surface area contributed by atoms with E-state index in [1.165, 1.54) is 33.1 Å². The third-order valence-electron chi connectivity index (χ3n) is 5.28. The Bertz CT molecular complexity index is 949. The summed E-state index contributed by atoms with van der Waals surface area (Å²) in [5, 5.41) is 2.71. The first-order chi connectivity index (χ1) is 11.5. The standard InChI is InChI=1S/C21H25N3/c1-14(2)24-18-9-7-6-8-17(18)20-19(24)11-10-15(3)21(20)23-13-12-22(5)16(23)4/h6-14,16H,1-5H3/t16-/m0/s1. The fourth-order valence-electron chi connectivity index (χ4n) is 3.95. The minimum atomic E-state index is 0.329. The van der Waals surface area contributed by atoms with E-state index < -0.39 is 0 Å². The molecule has 3 heteroatoms. The lowest BCUT2D eigenvalue weighted by atomic mass is 10.1. The molecular formula is C21H25N3. The minimum Gasteiger partial charge on any atom is -0.359 e. The highest BCUT2D eigenvalue weighted by Crippen LogP contribution is 2.41. The molecule has 3 nitrogen and oxygen atoms in total. The number of hydrogen-bond acceptors (Lipinski definition) is 2. The lowest BCUT2D eigenvalue weighted by molar-refractivity contribution is 0.383. The van der Waals surface area contributed by atoms with Gasteiger partial charge in [-0.15, -0.1) is 0 Å². The lowest BCUT2D eigenvalue weighted by Crippen LogP contribution is -2.33. The summed E-state index contributed by atoms with van der Waals surface area (Å²) in [7, 11) is 2.13. The van der Waals surface area contributed by atoms with E-state index in [0.717, 1.165) is 0 Å². The van der Waals surface area contributed by atoms with Gasteiger partial charge in [-0.1, -0.05) is 24.3 Å². The number of rotatable bonds is 2. The first-order valence-corrected chi connectivity index (χ1v) is 8.71. The summed E-state index contributed by atoms with van der Waals surface area (Å²) in [4.78, 5) is 4.65. The van der Waals surface area contributed by atoms with Crippen LogP contribution in [-0.4, -0.2) is 22.7 Å². The van der Waals surface area contributed by atoms with Gasteiger partial charge in [0.2, 0.25) is 0 Å². The monoisotopic (exact) mass is 319 g/mol. The lowest BCUT2D eigenvalue weighted by Gasteiger charge is -2.29. The van der Waals surface area contributed by atoms with Crippen molar-refractivity contribution in [3.8, 4) is 0 Å². The second kappa shape index (κ2) is 5.30. The van der Waals surface area contributed by atoms with E-state index in [0.29, 0.717) is 12.2 Å². The summed E-state index contributed by atoms with van der Waals surface area (Å²) in [5.74, 6) is 0. The average molecular weight is 319 g/mol. The zero-order valence-corrected chi connectivity index (χ0v) is 15.1. The van der Waals surface area contributed by atoms with Crippen LogP contribution in [0.25, 0.3) is 21.8 Å². The zero-order valence-electron chi connectivity index (χ0n) is 15.1. The smallest absolute Gasteiger partial charge is 0.102 e. The third-order valence-corrected chi connectivity index (χ3v) is 5.28. The first-order valence-electron chi connectivity index (χ1n) is 8.71. The van der Waals surface area contributed by atoms with Crippen LogP contribution >= 0.6 is 0 Å². The van der Waals surface area contributed by atoms with Crippen molar-refractivity contribution in [3.05, 3.63) is 54.4 Å². The SMILES string of the molecule is Cc1ccc2c(c1N1C=CN(C)[C@@H]1C)c1ccccc1n2C(C)C. The van der Waals surface area contributed by atoms with Gasteiger partial charge < -0.3 is 14.4 Å². The Morgan fingerprint density at radius 2 is 1.71 bits per heavy atom. The van der Waals surface area contributed by atoms with Crippen LogP contribution in [0.2, 0.25) is 0 Å². The summed E-state index contributed by atoms with van der Waals surface area (Å²) in [6.45, 7) is 8.99. The normalized spacial score (nSPS) is 17.8. The molecule has 0 fully saturated rings. The molecule has 1 atom stereocenters. The van der Waals surface area contributed by atoms with Crippen LogP contribution in [0, 0.1) is 6.92 Å². The molecule has 3 aromatic rings. The molecule has 0 bridgehead atoms. The van der Waals surface area contributed by atoms with Crippen molar-refractivity contribution in [2.45, 2.75) is 39.9 Å². The molecule has 2 heterocycles. The first kappa shape index (κ1) is 15.1. The Hall–Kier alpha value is -2.42. The highest BCUT2D eigenvalue weighted by atomic mass is 15.4. The molecule has 1 aliphatic rings. The fourth-order valence-corrected chi connectivity index (χ4v) is 3.95. The molecule has 0 radical (unpaired) electrons. The third kappa shape index (κ3) is 1.97. The van der Waals surface area contributed by atoms with Crippen molar-refractivity contribution < 1.29 is 0 Å². The van der Waals surface area contributed by atoms with Gasteiger partial charge in [-0.25, -0.2) is 0 Å². The summed E-state index contributed by atoms with van der Waals surface area (Å²) >= 11 is 0. The van der Waals surface area contributed by atoms with Gasteiger partial charge in [0.1, 0.15) is 6.17 Å². The van der Waals surface area contributed by atoms with Crippen LogP contribution in [0.3, 0.4) is 0 Å². The molecule has 0 saturated carbocycles. The quantitative estimate of drug-likeness (QED) is 0.639. The Balaban J connectivity index is 2.13. The molecule has 1 aliphatic heterocycles. The number of hydrogen-bond donors (Lipinski definition) is 0. The second-order valence-electron chi connectivity index (χ2n) is 7.11. The highest BCUT2D eigenvalue weighted by molar-refractivity contribution is 6.15. The van der Waals surface area contributed by atoms with E-state index >= 15 is 0 Å². The number of para-hydroxylation sites is 1. The van der Waals surface area contributed by atoms with Crippen molar-refractivity contribution >= 4 is 27.5 Å². The van der Waals surface area contributed by atoms with Gasteiger partial charge in [-0.3, -0.25) is 0 Å². The predicted molar refractivity (Wildman–Crippen MR) is 103 cm³/mol. The maximum Gasteiger partial charge on any atom is 0.102 e. The molecule has 0 N–H and O–H groups in total. The summed E-state index contributed by atoms with van der Waals surface area (Å²) in [5.41, 5.74) is 5.29. The minimum absolute atomic E-state index is 0.329. The Morgan fingerprint density at radius 1 is 0.958 bits per heavy atom. The number of benzene rings is 2. The van der Waals surface area contributed by atoms with E-state index in [2.05, 4.69) is 97.9 Å². The number of nitrogens with zero attached hydrogens (tertiary/aromatic N) is 3. The van der Waals surface area contributed by atoms with E-state index in [1.807, 2.05) is 0 Å². The topological polar surface area (TPSA) is 11.4 Å². The maximum atomic E-state index is 2.46. The van der Waals surface area contributed by atoms with Crippen LogP contribution in [0.15, 0.2) is 48.8 Å². The van der Waals surface area contributed by atoms with Crippen molar-refractivity contribution in [1.82, 2.24) is 9.47 Å². The Kier molecular flexibility index (Phi) is 3.34. The van der Waals surface area contributed by atoms with Gasteiger partial charge in [0.25, 0.3) is 0 Å². The Morgan fingerprint density at radius 3 is 2.38 bits per heavy atom. The number of aryl methyl sites for hydroxylation is 1. The number of anilines is 1. The van der Waals surface area contributed by atoms with Crippen molar-refractivity contribution in [2.75, 3.05) is 11.9 Å². The number of aromatic nitrogens is 1. The van der Waals surface area contributed by atoms with Crippen molar-refractivity contribution in [1.29, 1.82) is 0 Å². The molecule has 0 amide bonds. The van der Waals surface area contributed by atoms with Gasteiger partial charge in [0.05, 0.1) is 11.2 Å². The zero-order chi connectivity index (χ0) is 17.0. The molecular weight excluding hydrogens is 294 g/mol. The fraction of sp³-hybridized carbons (Fsp3) is 0.333. The van der Waals surface area contributed by atoms with Gasteiger partial charge in [0.15, 0.2) is 0 Å². The van der Waals surface area contributed by atoms with Crippen LogP contribution in [0.4, 0.5) is 5.69 Å². The molecule has 24 heavy (non-hydrogen) atoms. The molecule has 2 aromatic carbocycles. The summed E-state index contributed by atoms with van der Waals surface area (Å²) < 4.78 is 2.46. The molecule has 0 aliphatic carbocycles. The molecule has 0 saturated heterocycles. The average Bonchev–Trinajstić information content (AvgIpc) is 3.06. The largest absolute Gasteiger partial charge is 0.359 e. The van der Waals surface area contributed by atoms with Crippen molar-refractivity contribution in [2.24, 2.45) is 0 Å². The van der Waals surface area contributed by atoms with E-state index in [-0.39, 0.29) is 0 Å². The van der Waals surface area contributed by atoms with Crippen LogP contribution in [0.5, 0.6) is 0 Å². The van der Waals surface area contributed by atoms with Gasteiger partial charge >= 0.3 is 0 Å². The van der Waals surface area contributed by atoms with Crippen molar-refractivity contribution in [3.63, 3.8) is 0 Å². The van der Waals surface area contributed by atoms with Crippen LogP contribution in [-0.2, 0) is 0 Å². The summed E-state index contributed by atoms with van der Waals surface area (Å²) in [6.07, 6.45) is 4.69.